The third-order valence-corrected chi connectivity index (χ3v) is 3.47. The Balaban J connectivity index is 2.17. The molecule has 2 aromatic carbocycles. The van der Waals surface area contributed by atoms with Crippen molar-refractivity contribution in [2.24, 2.45) is 0 Å². The van der Waals surface area contributed by atoms with E-state index in [2.05, 4.69) is 5.32 Å². The number of amides is 1. The van der Waals surface area contributed by atoms with Crippen molar-refractivity contribution in [1.29, 1.82) is 0 Å². The zero-order chi connectivity index (χ0) is 17.7. The minimum Gasteiger partial charge on any atom is -0.507 e. The van der Waals surface area contributed by atoms with Gasteiger partial charge in [-0.15, -0.1) is 0 Å². The van der Waals surface area contributed by atoms with Crippen LogP contribution in [-0.4, -0.2) is 48.5 Å². The van der Waals surface area contributed by atoms with Crippen LogP contribution in [0.2, 0.25) is 0 Å². The van der Waals surface area contributed by atoms with Crippen molar-refractivity contribution < 1.29 is 29.3 Å². The monoisotopic (exact) mass is 333 g/mol. The Morgan fingerprint density at radius 3 is 2.54 bits per heavy atom. The summed E-state index contributed by atoms with van der Waals surface area (Å²) < 4.78 is 9.86. The number of hydrogen-bond acceptors (Lipinski definition) is 6. The number of phenols is 2. The van der Waals surface area contributed by atoms with Gasteiger partial charge in [-0.05, 0) is 13.0 Å². The molecular weight excluding hydrogens is 314 g/mol. The van der Waals surface area contributed by atoms with Crippen molar-refractivity contribution in [3.8, 4) is 11.5 Å². The Morgan fingerprint density at radius 1 is 1.21 bits per heavy atom. The van der Waals surface area contributed by atoms with Crippen molar-refractivity contribution >= 4 is 22.6 Å². The highest BCUT2D eigenvalue weighted by Gasteiger charge is 2.23. The average Bonchev–Trinajstić information content (AvgIpc) is 2.58. The zero-order valence-corrected chi connectivity index (χ0v) is 13.4. The first kappa shape index (κ1) is 17.6. The summed E-state index contributed by atoms with van der Waals surface area (Å²) in [6, 6.07) is 7.68. The summed E-state index contributed by atoms with van der Waals surface area (Å²) in [6.45, 7) is 2.04. The lowest BCUT2D eigenvalue weighted by Crippen LogP contribution is -2.37. The normalized spacial score (nSPS) is 11.9. The Morgan fingerprint density at radius 2 is 1.88 bits per heavy atom. The van der Waals surface area contributed by atoms with Gasteiger partial charge in [-0.1, -0.05) is 24.3 Å². The molecule has 0 heterocycles. The number of rotatable bonds is 6. The number of ether oxygens (including phenoxy) is 2. The van der Waals surface area contributed by atoms with Crippen LogP contribution in [0.25, 0.3) is 10.8 Å². The van der Waals surface area contributed by atoms with Crippen molar-refractivity contribution in [2.75, 3.05) is 20.3 Å². The molecule has 24 heavy (non-hydrogen) atoms. The largest absolute Gasteiger partial charge is 0.507 e. The van der Waals surface area contributed by atoms with E-state index in [0.717, 1.165) is 6.07 Å². The van der Waals surface area contributed by atoms with Crippen LogP contribution in [0.3, 0.4) is 0 Å². The molecule has 0 aliphatic heterocycles. The molecule has 7 heteroatoms. The fourth-order valence-corrected chi connectivity index (χ4v) is 2.19. The van der Waals surface area contributed by atoms with Gasteiger partial charge in [-0.3, -0.25) is 4.79 Å². The van der Waals surface area contributed by atoms with Crippen LogP contribution in [-0.2, 0) is 14.3 Å². The van der Waals surface area contributed by atoms with Crippen LogP contribution in [0.5, 0.6) is 11.5 Å². The molecule has 2 rings (SSSR count). The van der Waals surface area contributed by atoms with Crippen LogP contribution in [0.1, 0.15) is 17.3 Å². The number of fused-ring (bicyclic) bond motifs is 1. The molecule has 0 bridgehead atoms. The lowest BCUT2D eigenvalue weighted by molar-refractivity contribution is -0.129. The van der Waals surface area contributed by atoms with Gasteiger partial charge in [-0.2, -0.15) is 0 Å². The molecule has 0 unspecified atom stereocenters. The van der Waals surface area contributed by atoms with Gasteiger partial charge in [0, 0.05) is 24.4 Å². The molecule has 0 saturated heterocycles. The molecule has 1 atom stereocenters. The highest BCUT2D eigenvalue weighted by atomic mass is 16.5. The number of benzene rings is 2. The summed E-state index contributed by atoms with van der Waals surface area (Å²) >= 11 is 0. The second-order valence-corrected chi connectivity index (χ2v) is 5.17. The number of methoxy groups -OCH3 is 1. The van der Waals surface area contributed by atoms with Crippen LogP contribution < -0.4 is 5.32 Å². The van der Waals surface area contributed by atoms with Crippen molar-refractivity contribution in [1.82, 2.24) is 5.32 Å². The maximum absolute atomic E-state index is 12.2. The van der Waals surface area contributed by atoms with Crippen LogP contribution in [0, 0.1) is 0 Å². The van der Waals surface area contributed by atoms with Crippen molar-refractivity contribution in [3.05, 3.63) is 35.9 Å². The predicted octanol–water partition coefficient (Wildman–Crippen LogP) is 1.56. The molecule has 0 aliphatic carbocycles. The standard InChI is InChI=1S/C17H19NO6/c1-10(16(21)18-7-8-23-2)24-17(22)13-9-14(19)11-5-3-4-6-12(11)15(13)20/h3-6,9-10,19-20H,7-8H2,1-2H3,(H,18,21)/t10-/m1/s1. The van der Waals surface area contributed by atoms with Gasteiger partial charge < -0.3 is 25.0 Å². The Kier molecular flexibility index (Phi) is 5.59. The summed E-state index contributed by atoms with van der Waals surface area (Å²) in [5, 5.41) is 23.5. The summed E-state index contributed by atoms with van der Waals surface area (Å²) in [7, 11) is 1.50. The quantitative estimate of drug-likeness (QED) is 0.421. The molecule has 0 saturated carbocycles. The SMILES string of the molecule is COCCNC(=O)[C@@H](C)OC(=O)c1cc(O)c2ccccc2c1O. The molecule has 128 valence electrons. The summed E-state index contributed by atoms with van der Waals surface area (Å²) in [5.41, 5.74) is -0.206. The molecule has 2 aromatic rings. The molecule has 0 radical (unpaired) electrons. The fraction of sp³-hybridized carbons (Fsp3) is 0.294. The number of hydrogen-bond donors (Lipinski definition) is 3. The van der Waals surface area contributed by atoms with Gasteiger partial charge in [0.05, 0.1) is 6.61 Å². The van der Waals surface area contributed by atoms with Crippen molar-refractivity contribution in [2.45, 2.75) is 13.0 Å². The lowest BCUT2D eigenvalue weighted by atomic mass is 10.0. The second-order valence-electron chi connectivity index (χ2n) is 5.17. The minimum absolute atomic E-state index is 0.160. The lowest BCUT2D eigenvalue weighted by Gasteiger charge is -2.15. The number of carbonyl (C=O) groups is 2. The van der Waals surface area contributed by atoms with E-state index in [1.165, 1.54) is 14.0 Å². The van der Waals surface area contributed by atoms with E-state index in [0.29, 0.717) is 23.9 Å². The first-order valence-corrected chi connectivity index (χ1v) is 7.37. The first-order valence-electron chi connectivity index (χ1n) is 7.37. The molecule has 0 fully saturated rings. The van der Waals surface area contributed by atoms with Gasteiger partial charge >= 0.3 is 5.97 Å². The topological polar surface area (TPSA) is 105 Å². The van der Waals surface area contributed by atoms with E-state index >= 15 is 0 Å². The molecule has 0 aliphatic rings. The van der Waals surface area contributed by atoms with Gasteiger partial charge in [0.25, 0.3) is 5.91 Å². The molecule has 0 aromatic heterocycles. The zero-order valence-electron chi connectivity index (χ0n) is 13.4. The molecule has 1 amide bonds. The van der Waals surface area contributed by atoms with Gasteiger partial charge in [0.15, 0.2) is 6.10 Å². The maximum Gasteiger partial charge on any atom is 0.342 e. The van der Waals surface area contributed by atoms with E-state index in [4.69, 9.17) is 9.47 Å². The van der Waals surface area contributed by atoms with Gasteiger partial charge in [0.2, 0.25) is 0 Å². The number of carbonyl (C=O) groups excluding carboxylic acids is 2. The highest BCUT2D eigenvalue weighted by molar-refractivity contribution is 6.04. The predicted molar refractivity (Wildman–Crippen MR) is 87.0 cm³/mol. The summed E-state index contributed by atoms with van der Waals surface area (Å²) in [6.07, 6.45) is -1.05. The highest BCUT2D eigenvalue weighted by Crippen LogP contribution is 2.35. The van der Waals surface area contributed by atoms with Crippen LogP contribution >= 0.6 is 0 Å². The Bertz CT molecular complexity index is 758. The third-order valence-electron chi connectivity index (χ3n) is 3.47. The van der Waals surface area contributed by atoms with E-state index in [1.807, 2.05) is 0 Å². The van der Waals surface area contributed by atoms with Crippen molar-refractivity contribution in [3.63, 3.8) is 0 Å². The van der Waals surface area contributed by atoms with E-state index in [9.17, 15) is 19.8 Å². The van der Waals surface area contributed by atoms with Crippen LogP contribution in [0.4, 0.5) is 0 Å². The molecule has 3 N–H and O–H groups in total. The average molecular weight is 333 g/mol. The summed E-state index contributed by atoms with van der Waals surface area (Å²) in [4.78, 5) is 24.0. The van der Waals surface area contributed by atoms with E-state index < -0.39 is 18.0 Å². The van der Waals surface area contributed by atoms with E-state index in [-0.39, 0.29) is 17.1 Å². The van der Waals surface area contributed by atoms with E-state index in [1.54, 1.807) is 24.3 Å². The Hall–Kier alpha value is -2.80. The number of aromatic hydroxyl groups is 2. The Labute approximate surface area is 138 Å². The molecule has 0 spiro atoms. The number of nitrogens with one attached hydrogen (secondary N) is 1. The number of phenolic OH excluding ortho intramolecular Hbond substituents is 2. The smallest absolute Gasteiger partial charge is 0.342 e. The fourth-order valence-electron chi connectivity index (χ4n) is 2.19. The second kappa shape index (κ2) is 7.65. The minimum atomic E-state index is -1.05. The summed E-state index contributed by atoms with van der Waals surface area (Å²) in [5.74, 6) is -1.85. The van der Waals surface area contributed by atoms with Crippen LogP contribution in [0.15, 0.2) is 30.3 Å². The van der Waals surface area contributed by atoms with Gasteiger partial charge in [0.1, 0.15) is 17.1 Å². The third kappa shape index (κ3) is 3.75. The first-order chi connectivity index (χ1) is 11.5. The molecule has 7 nitrogen and oxygen atoms in total. The molecular formula is C17H19NO6. The maximum atomic E-state index is 12.2. The van der Waals surface area contributed by atoms with Gasteiger partial charge in [-0.25, -0.2) is 4.79 Å². The number of esters is 1.